The third kappa shape index (κ3) is 16.6. The molecule has 2 aromatic rings. The molecule has 2 aromatic carbocycles. The van der Waals surface area contributed by atoms with Gasteiger partial charge in [-0.1, -0.05) is 25.3 Å². The second kappa shape index (κ2) is 32.3. The number of hydrogen-bond acceptors (Lipinski definition) is 17. The van der Waals surface area contributed by atoms with Crippen molar-refractivity contribution in [1.29, 1.82) is 0 Å². The zero-order valence-corrected chi connectivity index (χ0v) is 48.0. The molecule has 0 aromatic heterocycles. The van der Waals surface area contributed by atoms with E-state index in [0.717, 1.165) is 57.8 Å². The number of fused-ring (bicyclic) bond motifs is 4. The number of carboxylic acids is 1. The topological polar surface area (TPSA) is 237 Å². The Balaban J connectivity index is 0.000000236. The summed E-state index contributed by atoms with van der Waals surface area (Å²) in [6, 6.07) is 5.77. The standard InChI is InChI=1S/C31H44N2O9.C29H40N2O9/c1-4-17-41-31(36)33-24-21-26(39-18-11-6-7-14-27(34)38-5-2)25(37-3)20-22(24)29(35)32-16-10-8-13-23(32)30(33)42-28-15-9-12-19-40-28;1-3-15-39-29(35)31-22-19-24(37-16-9-4-5-12-25(32)33)23(36-2)18-20(22)27(34)30-14-8-6-11-21(30)28(31)40-26-13-7-10-17-38-26/h4,20-21,23,28,30H,1,5-19H2,2-3H3;3,18-19,21,26,28H,1,4-17H2,2H3,(H,32,33)/t23-,28?,30?;21-,26?,28?/m00/s1. The number of carboxylic acid groups (broad SMARTS) is 1. The van der Waals surface area contributed by atoms with E-state index in [2.05, 4.69) is 13.2 Å². The van der Waals surface area contributed by atoms with Crippen molar-refractivity contribution >= 4 is 47.3 Å². The summed E-state index contributed by atoms with van der Waals surface area (Å²) in [4.78, 5) is 84.2. The fourth-order valence-electron chi connectivity index (χ4n) is 11.1. The summed E-state index contributed by atoms with van der Waals surface area (Å²) in [6.45, 7) is 12.4. The summed E-state index contributed by atoms with van der Waals surface area (Å²) >= 11 is 0. The van der Waals surface area contributed by atoms with Crippen LogP contribution in [-0.4, -0.2) is 162 Å². The van der Waals surface area contributed by atoms with Crippen LogP contribution < -0.4 is 28.7 Å². The highest BCUT2D eigenvalue weighted by atomic mass is 16.7. The maximum Gasteiger partial charge on any atom is 0.416 e. The van der Waals surface area contributed by atoms with Crippen molar-refractivity contribution in [2.75, 3.05) is 83.4 Å². The van der Waals surface area contributed by atoms with Gasteiger partial charge in [0.25, 0.3) is 11.8 Å². The second-order valence-corrected chi connectivity index (χ2v) is 20.8. The molecule has 8 rings (SSSR count). The molecular weight excluding hydrogens is 1060 g/mol. The molecular formula is C60H84N4O18. The van der Waals surface area contributed by atoms with Crippen molar-refractivity contribution in [2.45, 2.75) is 172 Å². The molecule has 4 fully saturated rings. The predicted octanol–water partition coefficient (Wildman–Crippen LogP) is 9.93. The number of rotatable bonds is 25. The van der Waals surface area contributed by atoms with Crippen molar-refractivity contribution in [3.8, 4) is 23.0 Å². The molecule has 4 unspecified atom stereocenters. The van der Waals surface area contributed by atoms with Gasteiger partial charge in [0.1, 0.15) is 13.2 Å². The molecule has 0 radical (unpaired) electrons. The largest absolute Gasteiger partial charge is 0.493 e. The fraction of sp³-hybridized carbons (Fsp3) is 0.633. The smallest absolute Gasteiger partial charge is 0.416 e. The van der Waals surface area contributed by atoms with E-state index in [0.29, 0.717) is 156 Å². The molecule has 0 spiro atoms. The monoisotopic (exact) mass is 1150 g/mol. The Morgan fingerprint density at radius 3 is 1.44 bits per heavy atom. The number of nitrogens with zero attached hydrogens (tertiary/aromatic N) is 4. The van der Waals surface area contributed by atoms with Gasteiger partial charge in [-0.25, -0.2) is 19.4 Å². The average Bonchev–Trinajstić information content (AvgIpc) is 2.99. The Kier molecular flexibility index (Phi) is 24.8. The van der Waals surface area contributed by atoms with Crippen LogP contribution in [0.5, 0.6) is 23.0 Å². The van der Waals surface area contributed by atoms with Crippen LogP contribution >= 0.6 is 0 Å². The maximum absolute atomic E-state index is 14.0. The number of anilines is 2. The molecule has 6 atom stereocenters. The van der Waals surface area contributed by atoms with E-state index in [1.54, 1.807) is 41.0 Å². The van der Waals surface area contributed by atoms with Crippen LogP contribution in [0.1, 0.15) is 156 Å². The second-order valence-electron chi connectivity index (χ2n) is 20.8. The zero-order valence-electron chi connectivity index (χ0n) is 48.0. The molecule has 82 heavy (non-hydrogen) atoms. The van der Waals surface area contributed by atoms with Crippen molar-refractivity contribution in [2.24, 2.45) is 0 Å². The van der Waals surface area contributed by atoms with E-state index >= 15 is 0 Å². The average molecular weight is 1150 g/mol. The van der Waals surface area contributed by atoms with Gasteiger partial charge >= 0.3 is 24.1 Å². The lowest BCUT2D eigenvalue weighted by molar-refractivity contribution is -0.199. The molecule has 0 aliphatic carbocycles. The minimum Gasteiger partial charge on any atom is -0.493 e. The SMILES string of the molecule is C=CCOC(=O)N1c2cc(OCCCCCC(=O)O)c(OC)cc2C(=O)N2CCCC[C@H]2C1OC1CCCCO1.C=CCOC(=O)N1c2cc(OCCCCCC(=O)OCC)c(OC)cc2C(=O)N2CCCC[C@H]2C1OC1CCCCO1. The van der Waals surface area contributed by atoms with Crippen LogP contribution in [0.15, 0.2) is 49.6 Å². The molecule has 6 aliphatic heterocycles. The van der Waals surface area contributed by atoms with Crippen LogP contribution in [-0.2, 0) is 42.7 Å². The predicted molar refractivity (Wildman–Crippen MR) is 301 cm³/mol. The molecule has 0 saturated carbocycles. The van der Waals surface area contributed by atoms with Crippen molar-refractivity contribution < 1.29 is 86.0 Å². The summed E-state index contributed by atoms with van der Waals surface area (Å²) in [7, 11) is 3.01. The van der Waals surface area contributed by atoms with Crippen LogP contribution in [0.4, 0.5) is 21.0 Å². The summed E-state index contributed by atoms with van der Waals surface area (Å²) in [6.07, 6.45) is 13.6. The minimum absolute atomic E-state index is 0.00447. The quantitative estimate of drug-likeness (QED) is 0.0421. The molecule has 22 nitrogen and oxygen atoms in total. The highest BCUT2D eigenvalue weighted by Crippen LogP contribution is 2.44. The molecule has 22 heteroatoms. The number of unbranched alkanes of at least 4 members (excludes halogenated alkanes) is 4. The highest BCUT2D eigenvalue weighted by Gasteiger charge is 2.49. The van der Waals surface area contributed by atoms with Gasteiger partial charge in [0, 0.05) is 51.3 Å². The third-order valence-electron chi connectivity index (χ3n) is 15.1. The maximum atomic E-state index is 14.0. The highest BCUT2D eigenvalue weighted by molar-refractivity contribution is 6.07. The summed E-state index contributed by atoms with van der Waals surface area (Å²) in [5.74, 6) is 0.0619. The van der Waals surface area contributed by atoms with Crippen LogP contribution in [0, 0.1) is 0 Å². The number of carbonyl (C=O) groups excluding carboxylic acids is 5. The Bertz CT molecular complexity index is 2480. The van der Waals surface area contributed by atoms with Crippen LogP contribution in [0.25, 0.3) is 0 Å². The van der Waals surface area contributed by atoms with E-state index in [1.165, 1.54) is 36.2 Å². The van der Waals surface area contributed by atoms with Crippen molar-refractivity contribution in [1.82, 2.24) is 9.80 Å². The molecule has 0 bridgehead atoms. The van der Waals surface area contributed by atoms with Gasteiger partial charge < -0.3 is 67.0 Å². The Hall–Kier alpha value is -6.62. The van der Waals surface area contributed by atoms with Gasteiger partial charge in [-0.05, 0) is 135 Å². The summed E-state index contributed by atoms with van der Waals surface area (Å²) in [5.41, 5.74) is 1.26. The zero-order chi connectivity index (χ0) is 58.4. The Morgan fingerprint density at radius 2 is 1.04 bits per heavy atom. The minimum atomic E-state index is -0.830. The van der Waals surface area contributed by atoms with Gasteiger partial charge in [-0.3, -0.25) is 19.2 Å². The Labute approximate surface area is 481 Å². The number of carbonyl (C=O) groups is 6. The number of esters is 1. The van der Waals surface area contributed by atoms with E-state index in [9.17, 15) is 28.8 Å². The first kappa shape index (κ1) is 63.0. The van der Waals surface area contributed by atoms with Gasteiger partial charge in [0.2, 0.25) is 0 Å². The number of benzene rings is 2. The summed E-state index contributed by atoms with van der Waals surface area (Å²) in [5, 5.41) is 8.85. The third-order valence-corrected chi connectivity index (χ3v) is 15.1. The normalized spacial score (nSPS) is 22.2. The lowest BCUT2D eigenvalue weighted by atomic mass is 10.00. The van der Waals surface area contributed by atoms with Gasteiger partial charge in [-0.15, -0.1) is 0 Å². The summed E-state index contributed by atoms with van der Waals surface area (Å²) < 4.78 is 64.2. The number of piperidine rings is 2. The van der Waals surface area contributed by atoms with E-state index < -0.39 is 43.2 Å². The lowest BCUT2D eigenvalue weighted by Gasteiger charge is -2.42. The molecule has 4 saturated heterocycles. The van der Waals surface area contributed by atoms with Gasteiger partial charge in [-0.2, -0.15) is 0 Å². The molecule has 1 N–H and O–H groups in total. The first-order valence-corrected chi connectivity index (χ1v) is 29.3. The number of ether oxygens (including phenoxy) is 11. The molecule has 4 amide bonds. The molecule has 6 aliphatic rings. The van der Waals surface area contributed by atoms with Crippen LogP contribution in [0.2, 0.25) is 0 Å². The van der Waals surface area contributed by atoms with Crippen molar-refractivity contribution in [3.05, 3.63) is 60.7 Å². The van der Waals surface area contributed by atoms with Gasteiger partial charge in [0.15, 0.2) is 48.0 Å². The number of aliphatic carboxylic acids is 1. The Morgan fingerprint density at radius 1 is 0.585 bits per heavy atom. The lowest BCUT2D eigenvalue weighted by Crippen LogP contribution is -2.57. The van der Waals surface area contributed by atoms with Gasteiger partial charge in [0.05, 0.1) is 68.6 Å². The van der Waals surface area contributed by atoms with E-state index in [1.807, 2.05) is 0 Å². The molecule has 452 valence electrons. The van der Waals surface area contributed by atoms with E-state index in [-0.39, 0.29) is 49.5 Å². The van der Waals surface area contributed by atoms with Crippen molar-refractivity contribution in [3.63, 3.8) is 0 Å². The van der Waals surface area contributed by atoms with E-state index in [4.69, 9.17) is 57.2 Å². The number of methoxy groups -OCH3 is 2. The first-order valence-electron chi connectivity index (χ1n) is 29.3. The molecule has 6 heterocycles. The number of amides is 4. The first-order chi connectivity index (χ1) is 39.9. The fourth-order valence-corrected chi connectivity index (χ4v) is 11.1. The van der Waals surface area contributed by atoms with Crippen LogP contribution in [0.3, 0.4) is 0 Å². The number of hydrogen-bond donors (Lipinski definition) is 1.